The van der Waals surface area contributed by atoms with Crippen LogP contribution >= 0.6 is 0 Å². The number of allylic oxidation sites excluding steroid dienone is 1. The number of tetrazole rings is 1. The first-order chi connectivity index (χ1) is 18.9. The number of carboxylic acids is 1. The Morgan fingerprint density at radius 2 is 2.02 bits per heavy atom. The zero-order valence-corrected chi connectivity index (χ0v) is 23.8. The number of ether oxygens (including phenoxy) is 1. The Labute approximate surface area is 234 Å². The molecule has 5 atom stereocenters. The lowest BCUT2D eigenvalue weighted by atomic mass is 10.0. The lowest BCUT2D eigenvalue weighted by Gasteiger charge is -2.30. The number of hydrogen-bond donors (Lipinski definition) is 3. The highest BCUT2D eigenvalue weighted by Gasteiger charge is 2.61. The highest BCUT2D eigenvalue weighted by Crippen LogP contribution is 2.45. The normalized spacial score (nSPS) is 29.4. The van der Waals surface area contributed by atoms with E-state index in [1.807, 2.05) is 19.1 Å². The maximum absolute atomic E-state index is 14.0. The second-order valence-electron chi connectivity index (χ2n) is 12.0. The van der Waals surface area contributed by atoms with Crippen molar-refractivity contribution in [2.75, 3.05) is 6.54 Å². The average Bonchev–Trinajstić information content (AvgIpc) is 3.18. The van der Waals surface area contributed by atoms with E-state index in [1.165, 1.54) is 9.70 Å². The number of amides is 3. The minimum atomic E-state index is -1.39. The summed E-state index contributed by atoms with van der Waals surface area (Å²) in [5.74, 6) is -1.81. The van der Waals surface area contributed by atoms with Crippen LogP contribution in [0.5, 0.6) is 0 Å². The minimum absolute atomic E-state index is 0.120. The number of aliphatic carboxylic acids is 1. The Kier molecular flexibility index (Phi) is 8.79. The molecule has 0 unspecified atom stereocenters. The van der Waals surface area contributed by atoms with E-state index in [0.717, 1.165) is 25.7 Å². The Balaban J connectivity index is 1.63. The van der Waals surface area contributed by atoms with Crippen molar-refractivity contribution in [2.24, 2.45) is 5.92 Å². The van der Waals surface area contributed by atoms with E-state index in [4.69, 9.17) is 4.74 Å². The number of alkyl carbamates (subject to hydrolysis) is 1. The van der Waals surface area contributed by atoms with E-state index in [0.29, 0.717) is 31.5 Å². The molecule has 3 amide bonds. The van der Waals surface area contributed by atoms with Gasteiger partial charge in [0.2, 0.25) is 11.8 Å². The molecule has 1 aromatic heterocycles. The fourth-order valence-corrected chi connectivity index (χ4v) is 5.43. The molecule has 0 radical (unpaired) electrons. The summed E-state index contributed by atoms with van der Waals surface area (Å²) in [6, 6.07) is -2.31. The molecule has 1 saturated heterocycles. The van der Waals surface area contributed by atoms with Crippen molar-refractivity contribution in [3.05, 3.63) is 18.0 Å². The number of aromatic nitrogens is 4. The molecule has 0 aromatic carbocycles. The fraction of sp³-hybridized carbons (Fsp3) is 0.741. The van der Waals surface area contributed by atoms with E-state index in [1.54, 1.807) is 20.8 Å². The van der Waals surface area contributed by atoms with Crippen LogP contribution in [0.4, 0.5) is 4.79 Å². The first-order valence-electron chi connectivity index (χ1n) is 14.2. The van der Waals surface area contributed by atoms with Gasteiger partial charge in [0, 0.05) is 25.3 Å². The van der Waals surface area contributed by atoms with E-state index >= 15 is 0 Å². The van der Waals surface area contributed by atoms with E-state index < -0.39 is 53.1 Å². The third kappa shape index (κ3) is 6.79. The summed E-state index contributed by atoms with van der Waals surface area (Å²) in [5.41, 5.74) is -2.14. The molecular formula is C27H41N7O6. The predicted molar refractivity (Wildman–Crippen MR) is 143 cm³/mol. The molecule has 2 aliphatic heterocycles. The summed E-state index contributed by atoms with van der Waals surface area (Å²) in [6.07, 6.45) is 8.60. The van der Waals surface area contributed by atoms with Gasteiger partial charge in [-0.1, -0.05) is 31.9 Å². The van der Waals surface area contributed by atoms with Gasteiger partial charge in [-0.2, -0.15) is 4.80 Å². The molecule has 40 heavy (non-hydrogen) atoms. The lowest BCUT2D eigenvalue weighted by Crippen LogP contribution is -2.56. The Morgan fingerprint density at radius 3 is 2.73 bits per heavy atom. The number of nitrogens with one attached hydrogen (secondary N) is 2. The molecule has 13 heteroatoms. The number of aryl methyl sites for hydroxylation is 1. The van der Waals surface area contributed by atoms with E-state index in [2.05, 4.69) is 26.0 Å². The van der Waals surface area contributed by atoms with Gasteiger partial charge in [-0.05, 0) is 58.1 Å². The first kappa shape index (κ1) is 29.5. The number of hydrogen-bond acceptors (Lipinski definition) is 8. The van der Waals surface area contributed by atoms with Gasteiger partial charge in [0.15, 0.2) is 5.82 Å². The van der Waals surface area contributed by atoms with Crippen LogP contribution in [0.25, 0.3) is 0 Å². The number of nitrogens with zero attached hydrogens (tertiary/aromatic N) is 5. The Bertz CT molecular complexity index is 1140. The highest BCUT2D eigenvalue weighted by atomic mass is 16.6. The number of fused-ring (bicyclic) bond motifs is 2. The summed E-state index contributed by atoms with van der Waals surface area (Å²) >= 11 is 0. The second-order valence-corrected chi connectivity index (χ2v) is 12.0. The van der Waals surface area contributed by atoms with Crippen molar-refractivity contribution in [3.63, 3.8) is 0 Å². The van der Waals surface area contributed by atoms with Gasteiger partial charge in [0.1, 0.15) is 23.2 Å². The van der Waals surface area contributed by atoms with Crippen molar-refractivity contribution in [1.29, 1.82) is 0 Å². The van der Waals surface area contributed by atoms with Gasteiger partial charge in [-0.15, -0.1) is 10.2 Å². The second kappa shape index (κ2) is 11.9. The maximum Gasteiger partial charge on any atom is 0.408 e. The summed E-state index contributed by atoms with van der Waals surface area (Å²) in [5, 5.41) is 28.2. The smallest absolute Gasteiger partial charge is 0.408 e. The number of carbonyl (C=O) groups is 4. The Hall–Kier alpha value is -3.51. The van der Waals surface area contributed by atoms with Crippen molar-refractivity contribution in [1.82, 2.24) is 35.7 Å². The van der Waals surface area contributed by atoms with E-state index in [-0.39, 0.29) is 18.9 Å². The molecule has 1 aromatic rings. The van der Waals surface area contributed by atoms with Gasteiger partial charge in [-0.25, -0.2) is 9.59 Å². The first-order valence-corrected chi connectivity index (χ1v) is 14.2. The summed E-state index contributed by atoms with van der Waals surface area (Å²) in [7, 11) is 0. The predicted octanol–water partition coefficient (Wildman–Crippen LogP) is 2.14. The van der Waals surface area contributed by atoms with Crippen LogP contribution in [0, 0.1) is 5.92 Å². The summed E-state index contributed by atoms with van der Waals surface area (Å²) < 4.78 is 5.42. The number of carbonyl (C=O) groups excluding carboxylic acids is 3. The monoisotopic (exact) mass is 559 g/mol. The van der Waals surface area contributed by atoms with Gasteiger partial charge < -0.3 is 25.4 Å². The molecule has 4 rings (SSSR count). The third-order valence-corrected chi connectivity index (χ3v) is 7.60. The van der Waals surface area contributed by atoms with Gasteiger partial charge in [-0.3, -0.25) is 9.59 Å². The fourth-order valence-electron chi connectivity index (χ4n) is 5.43. The van der Waals surface area contributed by atoms with Crippen LogP contribution < -0.4 is 10.6 Å². The molecular weight excluding hydrogens is 518 g/mol. The van der Waals surface area contributed by atoms with Crippen LogP contribution in [0.3, 0.4) is 0 Å². The largest absolute Gasteiger partial charge is 0.479 e. The molecule has 3 heterocycles. The van der Waals surface area contributed by atoms with Crippen LogP contribution in [0.15, 0.2) is 12.2 Å². The molecule has 13 nitrogen and oxygen atoms in total. The zero-order chi connectivity index (χ0) is 29.1. The molecule has 0 bridgehead atoms. The maximum atomic E-state index is 14.0. The topological polar surface area (TPSA) is 169 Å². The molecule has 3 N–H and O–H groups in total. The molecule has 1 saturated carbocycles. The van der Waals surface area contributed by atoms with Crippen molar-refractivity contribution >= 4 is 23.9 Å². The standard InChI is InChI=1S/C27H41N7O6/c1-5-11-21-30-32-34(31-21)18-14-20-22(35)29-27(24(37)38)15-17(27)12-9-7-6-8-10-13-19(23(36)33(20)16-18)28-25(39)40-26(2,3)4/h9,12,17-20H,5-8,10-11,13-16H2,1-4H3,(H,28,39)(H,29,35)(H,37,38)/t17-,18+,19-,20+,27+/m1/s1. The zero-order valence-electron chi connectivity index (χ0n) is 23.8. The van der Waals surface area contributed by atoms with Gasteiger partial charge in [0.05, 0.1) is 6.04 Å². The number of carboxylic acid groups (broad SMARTS) is 1. The highest BCUT2D eigenvalue weighted by molar-refractivity contribution is 5.96. The van der Waals surface area contributed by atoms with Crippen LogP contribution in [-0.2, 0) is 25.5 Å². The van der Waals surface area contributed by atoms with Crippen molar-refractivity contribution in [3.8, 4) is 0 Å². The van der Waals surface area contributed by atoms with Gasteiger partial charge in [0.25, 0.3) is 0 Å². The molecule has 1 aliphatic carbocycles. The SMILES string of the molecule is CCCc1nnn([C@H]2C[C@H]3C(=O)N[C@@]4(C(=O)O)C[C@H]4C=CCCCCC[C@@H](NC(=O)OC(C)(C)C)C(=O)N3C2)n1. The van der Waals surface area contributed by atoms with Crippen molar-refractivity contribution in [2.45, 2.75) is 115 Å². The molecule has 0 spiro atoms. The average molecular weight is 560 g/mol. The lowest BCUT2D eigenvalue weighted by molar-refractivity contribution is -0.145. The third-order valence-electron chi connectivity index (χ3n) is 7.60. The van der Waals surface area contributed by atoms with Crippen LogP contribution in [0.1, 0.15) is 90.9 Å². The van der Waals surface area contributed by atoms with Crippen molar-refractivity contribution < 1.29 is 29.0 Å². The molecule has 3 aliphatic rings. The van der Waals surface area contributed by atoms with Crippen LogP contribution in [-0.4, -0.2) is 83.9 Å². The molecule has 2 fully saturated rings. The number of rotatable bonds is 5. The summed E-state index contributed by atoms with van der Waals surface area (Å²) in [4.78, 5) is 55.4. The molecule has 220 valence electrons. The quantitative estimate of drug-likeness (QED) is 0.458. The van der Waals surface area contributed by atoms with Crippen LogP contribution in [0.2, 0.25) is 0 Å². The minimum Gasteiger partial charge on any atom is -0.479 e. The van der Waals surface area contributed by atoms with Gasteiger partial charge >= 0.3 is 12.1 Å². The van der Waals surface area contributed by atoms with E-state index in [9.17, 15) is 24.3 Å². The Morgan fingerprint density at radius 1 is 1.25 bits per heavy atom. The summed E-state index contributed by atoms with van der Waals surface area (Å²) in [6.45, 7) is 7.35.